The first-order valence-corrected chi connectivity index (χ1v) is 10.8. The summed E-state index contributed by atoms with van der Waals surface area (Å²) in [5.74, 6) is 1.43. The van der Waals surface area contributed by atoms with Crippen LogP contribution >= 0.6 is 0 Å². The van der Waals surface area contributed by atoms with Crippen LogP contribution in [0.1, 0.15) is 31.1 Å². The average molecular weight is 399 g/mol. The van der Waals surface area contributed by atoms with E-state index in [0.717, 1.165) is 24.8 Å². The van der Waals surface area contributed by atoms with Gasteiger partial charge in [-0.1, -0.05) is 18.2 Å². The highest BCUT2D eigenvalue weighted by Gasteiger charge is 2.59. The van der Waals surface area contributed by atoms with Crippen molar-refractivity contribution in [2.75, 3.05) is 13.1 Å². The number of rotatable bonds is 4. The van der Waals surface area contributed by atoms with E-state index >= 15 is 0 Å². The normalized spacial score (nSPS) is 21.8. The molecule has 5 rings (SSSR count). The van der Waals surface area contributed by atoms with Gasteiger partial charge in [0, 0.05) is 37.8 Å². The first-order chi connectivity index (χ1) is 13.5. The first kappa shape index (κ1) is 17.6. The monoisotopic (exact) mass is 399 g/mol. The summed E-state index contributed by atoms with van der Waals surface area (Å²) in [5.41, 5.74) is 0.995. The molecule has 1 aliphatic carbocycles. The van der Waals surface area contributed by atoms with Gasteiger partial charge in [0.05, 0.1) is 6.20 Å². The third kappa shape index (κ3) is 2.85. The van der Waals surface area contributed by atoms with Gasteiger partial charge in [-0.25, -0.2) is 8.42 Å². The maximum atomic E-state index is 12.8. The summed E-state index contributed by atoms with van der Waals surface area (Å²) < 4.78 is 34.5. The molecule has 1 saturated carbocycles. The molecule has 0 bridgehead atoms. The summed E-state index contributed by atoms with van der Waals surface area (Å²) in [7, 11) is -1.76. The van der Waals surface area contributed by atoms with Crippen LogP contribution in [0, 0.1) is 5.41 Å². The molecule has 0 unspecified atom stereocenters. The van der Waals surface area contributed by atoms with Crippen molar-refractivity contribution in [3.63, 3.8) is 0 Å². The lowest BCUT2D eigenvalue weighted by atomic mass is 9.92. The van der Waals surface area contributed by atoms with Crippen LogP contribution < -0.4 is 0 Å². The predicted molar refractivity (Wildman–Crippen MR) is 101 cm³/mol. The highest BCUT2D eigenvalue weighted by Crippen LogP contribution is 2.64. The van der Waals surface area contributed by atoms with Gasteiger partial charge in [-0.3, -0.25) is 4.68 Å². The van der Waals surface area contributed by atoms with Crippen molar-refractivity contribution in [2.24, 2.45) is 12.5 Å². The second-order valence-electron chi connectivity index (χ2n) is 7.68. The standard InChI is InChI=1S/C19H21N5O3S/c1-23-13-15(12-20-23)28(25,26)24-9-7-19(8-10-24)11-16(19)18-22-21-17(27-18)14-5-3-2-4-6-14/h2-6,12-13,16H,7-11H2,1H3/t16-/m0/s1. The van der Waals surface area contributed by atoms with Gasteiger partial charge in [0.15, 0.2) is 0 Å². The molecular formula is C19H21N5O3S. The Bertz CT molecular complexity index is 1100. The van der Waals surface area contributed by atoms with E-state index in [1.165, 1.54) is 10.9 Å². The molecule has 2 fully saturated rings. The zero-order chi connectivity index (χ0) is 19.4. The van der Waals surface area contributed by atoms with Crippen LogP contribution in [-0.2, 0) is 17.1 Å². The van der Waals surface area contributed by atoms with E-state index in [-0.39, 0.29) is 16.2 Å². The molecule has 1 aromatic carbocycles. The number of aromatic nitrogens is 4. The Hall–Kier alpha value is -2.52. The van der Waals surface area contributed by atoms with Crippen molar-refractivity contribution >= 4 is 10.0 Å². The second kappa shape index (κ2) is 6.25. The molecule has 1 saturated heterocycles. The lowest BCUT2D eigenvalue weighted by molar-refractivity contribution is 0.246. The Kier molecular flexibility index (Phi) is 3.92. The number of sulfonamides is 1. The largest absolute Gasteiger partial charge is 0.420 e. The van der Waals surface area contributed by atoms with Gasteiger partial charge in [-0.2, -0.15) is 9.40 Å². The third-order valence-electron chi connectivity index (χ3n) is 5.99. The van der Waals surface area contributed by atoms with Crippen molar-refractivity contribution in [1.82, 2.24) is 24.3 Å². The summed E-state index contributed by atoms with van der Waals surface area (Å²) in [6.07, 6.45) is 5.54. The quantitative estimate of drug-likeness (QED) is 0.669. The van der Waals surface area contributed by atoms with Gasteiger partial charge in [0.2, 0.25) is 21.8 Å². The maximum absolute atomic E-state index is 12.8. The fourth-order valence-electron chi connectivity index (χ4n) is 4.18. The molecule has 3 heterocycles. The maximum Gasteiger partial charge on any atom is 0.247 e. The van der Waals surface area contributed by atoms with Crippen LogP contribution in [0.25, 0.3) is 11.5 Å². The predicted octanol–water partition coefficient (Wildman–Crippen LogP) is 2.43. The van der Waals surface area contributed by atoms with E-state index in [2.05, 4.69) is 15.3 Å². The fraction of sp³-hybridized carbons (Fsp3) is 0.421. The highest BCUT2D eigenvalue weighted by molar-refractivity contribution is 7.89. The van der Waals surface area contributed by atoms with Gasteiger partial charge in [-0.15, -0.1) is 10.2 Å². The Labute approximate surface area is 163 Å². The Morgan fingerprint density at radius 2 is 1.89 bits per heavy atom. The molecule has 9 heteroatoms. The van der Waals surface area contributed by atoms with Gasteiger partial charge in [0.1, 0.15) is 4.90 Å². The molecule has 3 aromatic rings. The number of nitrogens with zero attached hydrogens (tertiary/aromatic N) is 5. The van der Waals surface area contributed by atoms with Gasteiger partial charge < -0.3 is 4.42 Å². The molecule has 1 spiro atoms. The van der Waals surface area contributed by atoms with E-state index in [4.69, 9.17) is 4.42 Å². The van der Waals surface area contributed by atoms with Crippen molar-refractivity contribution < 1.29 is 12.8 Å². The minimum atomic E-state index is -3.48. The SMILES string of the molecule is Cn1cc(S(=O)(=O)N2CCC3(CC2)C[C@H]3c2nnc(-c3ccccc3)o2)cn1. The zero-order valence-corrected chi connectivity index (χ0v) is 16.3. The molecule has 1 aliphatic heterocycles. The number of piperidine rings is 1. The van der Waals surface area contributed by atoms with Crippen molar-refractivity contribution in [3.8, 4) is 11.5 Å². The highest BCUT2D eigenvalue weighted by atomic mass is 32.2. The van der Waals surface area contributed by atoms with Gasteiger partial charge in [-0.05, 0) is 36.8 Å². The molecule has 2 aliphatic rings. The minimum absolute atomic E-state index is 0.0848. The molecule has 0 N–H and O–H groups in total. The summed E-state index contributed by atoms with van der Waals surface area (Å²) >= 11 is 0. The smallest absolute Gasteiger partial charge is 0.247 e. The molecule has 2 aromatic heterocycles. The van der Waals surface area contributed by atoms with Crippen LogP contribution in [0.5, 0.6) is 0 Å². The van der Waals surface area contributed by atoms with Crippen molar-refractivity contribution in [1.29, 1.82) is 0 Å². The number of hydrogen-bond acceptors (Lipinski definition) is 6. The molecule has 8 nitrogen and oxygen atoms in total. The van der Waals surface area contributed by atoms with Crippen LogP contribution in [-0.4, -0.2) is 45.8 Å². The lowest BCUT2D eigenvalue weighted by Gasteiger charge is -2.31. The van der Waals surface area contributed by atoms with Crippen molar-refractivity contribution in [2.45, 2.75) is 30.1 Å². The molecule has 1 atom stereocenters. The third-order valence-corrected chi connectivity index (χ3v) is 7.84. The first-order valence-electron chi connectivity index (χ1n) is 9.36. The van der Waals surface area contributed by atoms with Crippen LogP contribution in [0.15, 0.2) is 52.0 Å². The van der Waals surface area contributed by atoms with Gasteiger partial charge in [0.25, 0.3) is 0 Å². The van der Waals surface area contributed by atoms with Crippen LogP contribution in [0.3, 0.4) is 0 Å². The molecule has 0 amide bonds. The van der Waals surface area contributed by atoms with E-state index < -0.39 is 10.0 Å². The Morgan fingerprint density at radius 1 is 1.14 bits per heavy atom. The van der Waals surface area contributed by atoms with Crippen LogP contribution in [0.4, 0.5) is 0 Å². The number of aryl methyl sites for hydroxylation is 1. The summed E-state index contributed by atoms with van der Waals surface area (Å²) in [6.45, 7) is 1.01. The van der Waals surface area contributed by atoms with E-state index in [9.17, 15) is 8.42 Å². The fourth-order valence-corrected chi connectivity index (χ4v) is 5.60. The molecule has 146 valence electrons. The second-order valence-corrected chi connectivity index (χ2v) is 9.62. The lowest BCUT2D eigenvalue weighted by Crippen LogP contribution is -2.39. The Balaban J connectivity index is 1.27. The Morgan fingerprint density at radius 3 is 2.57 bits per heavy atom. The van der Waals surface area contributed by atoms with E-state index in [1.807, 2.05) is 30.3 Å². The zero-order valence-electron chi connectivity index (χ0n) is 15.5. The van der Waals surface area contributed by atoms with Gasteiger partial charge >= 0.3 is 0 Å². The summed E-state index contributed by atoms with van der Waals surface area (Å²) in [4.78, 5) is 0.253. The average Bonchev–Trinajstić information content (AvgIpc) is 3.06. The minimum Gasteiger partial charge on any atom is -0.420 e. The number of hydrogen-bond donors (Lipinski definition) is 0. The molecule has 28 heavy (non-hydrogen) atoms. The summed E-state index contributed by atoms with van der Waals surface area (Å²) in [6, 6.07) is 9.72. The van der Waals surface area contributed by atoms with Crippen molar-refractivity contribution in [3.05, 3.63) is 48.6 Å². The number of benzene rings is 1. The summed E-state index contributed by atoms with van der Waals surface area (Å²) in [5, 5.41) is 12.4. The molecular weight excluding hydrogens is 378 g/mol. The van der Waals surface area contributed by atoms with E-state index in [0.29, 0.717) is 24.9 Å². The van der Waals surface area contributed by atoms with Crippen LogP contribution in [0.2, 0.25) is 0 Å². The molecule has 0 radical (unpaired) electrons. The topological polar surface area (TPSA) is 94.1 Å². The van der Waals surface area contributed by atoms with E-state index in [1.54, 1.807) is 17.5 Å².